The van der Waals surface area contributed by atoms with Crippen molar-refractivity contribution in [2.24, 2.45) is 0 Å². The van der Waals surface area contributed by atoms with E-state index in [-0.39, 0.29) is 11.5 Å². The lowest BCUT2D eigenvalue weighted by Crippen LogP contribution is -2.09. The smallest absolute Gasteiger partial charge is 0.150 e. The molecule has 0 saturated carbocycles. The molecule has 7 aromatic rings. The van der Waals surface area contributed by atoms with Gasteiger partial charge in [-0.05, 0) is 120 Å². The molecule has 0 unspecified atom stereocenters. The molecule has 214 valence electrons. The van der Waals surface area contributed by atoms with Gasteiger partial charge in [-0.2, -0.15) is 0 Å². The summed E-state index contributed by atoms with van der Waals surface area (Å²) in [6, 6.07) is 42.8. The zero-order chi connectivity index (χ0) is 30.2. The lowest BCUT2D eigenvalue weighted by Gasteiger charge is -2.26. The Morgan fingerprint density at radius 2 is 1.05 bits per heavy atom. The molecule has 6 aromatic carbocycles. The maximum Gasteiger partial charge on any atom is 0.150 e. The molecule has 44 heavy (non-hydrogen) atoms. The average Bonchev–Trinajstić information content (AvgIpc) is 3.38. The van der Waals surface area contributed by atoms with Crippen LogP contribution in [0.25, 0.3) is 38.6 Å². The number of aromatic hydroxyl groups is 2. The van der Waals surface area contributed by atoms with Gasteiger partial charge in [0, 0.05) is 39.1 Å². The summed E-state index contributed by atoms with van der Waals surface area (Å²) in [7, 11) is 1.65. The van der Waals surface area contributed by atoms with Gasteiger partial charge in [0.15, 0.2) is 0 Å². The summed E-state index contributed by atoms with van der Waals surface area (Å²) in [5.74, 6) is 1.14. The van der Waals surface area contributed by atoms with E-state index in [1.54, 1.807) is 31.4 Å². The number of carbonyl (C=O) groups excluding carboxylic acids is 1. The van der Waals surface area contributed by atoms with Gasteiger partial charge in [-0.1, -0.05) is 24.3 Å². The lowest BCUT2D eigenvalue weighted by molar-refractivity contribution is 0.112. The van der Waals surface area contributed by atoms with Crippen LogP contribution in [0.5, 0.6) is 17.2 Å². The van der Waals surface area contributed by atoms with E-state index in [1.807, 2.05) is 60.7 Å². The van der Waals surface area contributed by atoms with Crippen LogP contribution >= 0.6 is 0 Å². The standard InChI is InChI=1S/C38H28N2O4/c1-44-34-18-14-30(15-19-34)39(28-8-2-25(24-41)3-9-28)29-10-4-26(5-11-29)27-6-12-31(13-7-27)40-37-20-16-32(42)22-35(37)36-23-33(43)17-21-38(36)40/h2-24,42-43H,1H3. The van der Waals surface area contributed by atoms with Gasteiger partial charge in [-0.3, -0.25) is 4.79 Å². The van der Waals surface area contributed by atoms with Gasteiger partial charge in [0.2, 0.25) is 0 Å². The van der Waals surface area contributed by atoms with Crippen molar-refractivity contribution in [1.29, 1.82) is 0 Å². The van der Waals surface area contributed by atoms with Gasteiger partial charge in [0.05, 0.1) is 18.1 Å². The highest BCUT2D eigenvalue weighted by Crippen LogP contribution is 2.38. The predicted octanol–water partition coefficient (Wildman–Crippen LogP) is 9.15. The molecule has 0 bridgehead atoms. The highest BCUT2D eigenvalue weighted by molar-refractivity contribution is 6.10. The van der Waals surface area contributed by atoms with Crippen LogP contribution in [0.2, 0.25) is 0 Å². The Bertz CT molecular complexity index is 2050. The van der Waals surface area contributed by atoms with Gasteiger partial charge in [-0.25, -0.2) is 0 Å². The van der Waals surface area contributed by atoms with Crippen LogP contribution in [0, 0.1) is 0 Å². The number of hydrogen-bond acceptors (Lipinski definition) is 5. The van der Waals surface area contributed by atoms with Crippen molar-refractivity contribution >= 4 is 45.2 Å². The van der Waals surface area contributed by atoms with Gasteiger partial charge in [0.25, 0.3) is 0 Å². The summed E-state index contributed by atoms with van der Waals surface area (Å²) >= 11 is 0. The highest BCUT2D eigenvalue weighted by Gasteiger charge is 2.15. The molecule has 1 heterocycles. The number of anilines is 3. The molecule has 0 aliphatic carbocycles. The number of aromatic nitrogens is 1. The van der Waals surface area contributed by atoms with Crippen molar-refractivity contribution in [2.75, 3.05) is 12.0 Å². The number of benzene rings is 6. The molecule has 6 heteroatoms. The fourth-order valence-electron chi connectivity index (χ4n) is 5.76. The van der Waals surface area contributed by atoms with Crippen LogP contribution in [-0.4, -0.2) is 28.2 Å². The Morgan fingerprint density at radius 3 is 1.52 bits per heavy atom. The number of methoxy groups -OCH3 is 1. The Balaban J connectivity index is 1.24. The fraction of sp³-hybridized carbons (Fsp3) is 0.0263. The van der Waals surface area contributed by atoms with Crippen LogP contribution in [0.15, 0.2) is 133 Å². The molecule has 1 aromatic heterocycles. The van der Waals surface area contributed by atoms with Crippen molar-refractivity contribution in [3.8, 4) is 34.1 Å². The van der Waals surface area contributed by atoms with E-state index >= 15 is 0 Å². The topological polar surface area (TPSA) is 74.9 Å². The molecule has 0 saturated heterocycles. The Morgan fingerprint density at radius 1 is 0.591 bits per heavy atom. The number of nitrogens with zero attached hydrogens (tertiary/aromatic N) is 2. The number of carbonyl (C=O) groups is 1. The molecule has 0 aliphatic rings. The maximum atomic E-state index is 11.3. The summed E-state index contributed by atoms with van der Waals surface area (Å²) in [5.41, 5.74) is 8.52. The van der Waals surface area contributed by atoms with E-state index < -0.39 is 0 Å². The third kappa shape index (κ3) is 4.78. The monoisotopic (exact) mass is 576 g/mol. The lowest BCUT2D eigenvalue weighted by atomic mass is 10.0. The second-order valence-corrected chi connectivity index (χ2v) is 10.6. The maximum absolute atomic E-state index is 11.3. The number of phenols is 2. The van der Waals surface area contributed by atoms with E-state index in [2.05, 4.69) is 58.0 Å². The van der Waals surface area contributed by atoms with Crippen molar-refractivity contribution in [1.82, 2.24) is 4.57 Å². The van der Waals surface area contributed by atoms with Gasteiger partial charge >= 0.3 is 0 Å². The van der Waals surface area contributed by atoms with Crippen LogP contribution < -0.4 is 9.64 Å². The van der Waals surface area contributed by atoms with E-state index in [9.17, 15) is 15.0 Å². The molecule has 6 nitrogen and oxygen atoms in total. The highest BCUT2D eigenvalue weighted by atomic mass is 16.5. The first-order chi connectivity index (χ1) is 21.5. The van der Waals surface area contributed by atoms with Gasteiger partial charge < -0.3 is 24.4 Å². The molecule has 0 fully saturated rings. The first-order valence-electron chi connectivity index (χ1n) is 14.2. The molecule has 0 amide bonds. The Kier molecular flexibility index (Phi) is 6.72. The minimum Gasteiger partial charge on any atom is -0.508 e. The molecule has 0 atom stereocenters. The normalized spacial score (nSPS) is 11.1. The minimum atomic E-state index is 0.183. The van der Waals surface area contributed by atoms with E-state index in [4.69, 9.17) is 4.74 Å². The second-order valence-electron chi connectivity index (χ2n) is 10.6. The number of hydrogen-bond donors (Lipinski definition) is 2. The van der Waals surface area contributed by atoms with E-state index in [0.717, 1.165) is 67.7 Å². The van der Waals surface area contributed by atoms with Crippen LogP contribution in [0.3, 0.4) is 0 Å². The van der Waals surface area contributed by atoms with E-state index in [1.165, 1.54) is 0 Å². The van der Waals surface area contributed by atoms with Crippen molar-refractivity contribution in [3.05, 3.63) is 139 Å². The summed E-state index contributed by atoms with van der Waals surface area (Å²) < 4.78 is 7.50. The third-order valence-corrected chi connectivity index (χ3v) is 7.93. The molecular formula is C38H28N2O4. The van der Waals surface area contributed by atoms with Crippen LogP contribution in [0.4, 0.5) is 17.1 Å². The number of aldehydes is 1. The Hall–Kier alpha value is -6.01. The number of fused-ring (bicyclic) bond motifs is 3. The number of phenolic OH excluding ortho intramolecular Hbond substituents is 2. The van der Waals surface area contributed by atoms with Crippen molar-refractivity contribution in [3.63, 3.8) is 0 Å². The fourth-order valence-corrected chi connectivity index (χ4v) is 5.76. The summed E-state index contributed by atoms with van der Waals surface area (Å²) in [4.78, 5) is 13.4. The van der Waals surface area contributed by atoms with Crippen LogP contribution in [-0.2, 0) is 0 Å². The largest absolute Gasteiger partial charge is 0.508 e. The predicted molar refractivity (Wildman–Crippen MR) is 176 cm³/mol. The average molecular weight is 577 g/mol. The summed E-state index contributed by atoms with van der Waals surface area (Å²) in [5, 5.41) is 22.0. The molecule has 0 spiro atoms. The number of ether oxygens (including phenoxy) is 1. The quantitative estimate of drug-likeness (QED) is 0.185. The number of rotatable bonds is 7. The molecule has 2 N–H and O–H groups in total. The van der Waals surface area contributed by atoms with Gasteiger partial charge in [-0.15, -0.1) is 0 Å². The van der Waals surface area contributed by atoms with Crippen molar-refractivity contribution in [2.45, 2.75) is 0 Å². The third-order valence-electron chi connectivity index (χ3n) is 7.93. The first kappa shape index (κ1) is 26.9. The molecule has 7 rings (SSSR count). The zero-order valence-corrected chi connectivity index (χ0v) is 23.9. The second kappa shape index (κ2) is 11.0. The van der Waals surface area contributed by atoms with Crippen molar-refractivity contribution < 1.29 is 19.7 Å². The summed E-state index contributed by atoms with van der Waals surface area (Å²) in [6.07, 6.45) is 0.846. The SMILES string of the molecule is COc1ccc(N(c2ccc(C=O)cc2)c2ccc(-c3ccc(-n4c5ccc(O)cc5c5cc(O)ccc54)cc3)cc2)cc1. The van der Waals surface area contributed by atoms with Gasteiger partial charge in [0.1, 0.15) is 23.5 Å². The minimum absolute atomic E-state index is 0.183. The first-order valence-corrected chi connectivity index (χ1v) is 14.2. The van der Waals surface area contributed by atoms with Crippen LogP contribution in [0.1, 0.15) is 10.4 Å². The zero-order valence-electron chi connectivity index (χ0n) is 23.9. The van der Waals surface area contributed by atoms with E-state index in [0.29, 0.717) is 5.56 Å². The Labute approximate surface area is 254 Å². The molecular weight excluding hydrogens is 548 g/mol. The molecule has 0 aliphatic heterocycles. The summed E-state index contributed by atoms with van der Waals surface area (Å²) in [6.45, 7) is 0. The molecule has 0 radical (unpaired) electrons.